The second kappa shape index (κ2) is 11.1. The van der Waals surface area contributed by atoms with Gasteiger partial charge in [0.15, 0.2) is 0 Å². The first-order valence-electron chi connectivity index (χ1n) is 11.2. The van der Waals surface area contributed by atoms with E-state index in [0.717, 1.165) is 10.9 Å². The van der Waals surface area contributed by atoms with Gasteiger partial charge in [0.1, 0.15) is 17.6 Å². The van der Waals surface area contributed by atoms with Crippen molar-refractivity contribution in [3.05, 3.63) is 95.8 Å². The van der Waals surface area contributed by atoms with Gasteiger partial charge in [-0.2, -0.15) is 8.42 Å². The van der Waals surface area contributed by atoms with Gasteiger partial charge in [0, 0.05) is 29.4 Å². The molecular formula is C26H27FN2O5S. The highest BCUT2D eigenvalue weighted by Gasteiger charge is 2.28. The van der Waals surface area contributed by atoms with Crippen molar-refractivity contribution < 1.29 is 26.5 Å². The molecule has 2 N–H and O–H groups in total. The summed E-state index contributed by atoms with van der Waals surface area (Å²) in [5.41, 5.74) is 2.42. The van der Waals surface area contributed by atoms with Gasteiger partial charge in [0.05, 0.1) is 17.8 Å². The van der Waals surface area contributed by atoms with Crippen molar-refractivity contribution in [1.29, 1.82) is 0 Å². The molecule has 0 amide bonds. The number of aryl methyl sites for hydroxylation is 1. The first-order chi connectivity index (χ1) is 16.8. The molecule has 1 fully saturated rings. The number of rotatable bonds is 5. The fourth-order valence-electron chi connectivity index (χ4n) is 4.15. The molecule has 5 rings (SSSR count). The Labute approximate surface area is 203 Å². The Kier molecular flexibility index (Phi) is 7.92. The van der Waals surface area contributed by atoms with E-state index >= 15 is 0 Å². The number of hydrogen-bond acceptors (Lipinski definition) is 6. The quantitative estimate of drug-likeness (QED) is 0.364. The molecule has 0 bridgehead atoms. The number of hydrogen-bond donors (Lipinski definition) is 2. The average molecular weight is 499 g/mol. The van der Waals surface area contributed by atoms with Crippen LogP contribution in [0.3, 0.4) is 0 Å². The van der Waals surface area contributed by atoms with Crippen molar-refractivity contribution >= 4 is 21.1 Å². The second-order valence-electron chi connectivity index (χ2n) is 8.42. The summed E-state index contributed by atoms with van der Waals surface area (Å²) in [6.07, 6.45) is 5.88. The van der Waals surface area contributed by atoms with Crippen LogP contribution in [0.15, 0.2) is 82.6 Å². The first kappa shape index (κ1) is 25.0. The predicted molar refractivity (Wildman–Crippen MR) is 130 cm³/mol. The Morgan fingerprint density at radius 1 is 1.17 bits per heavy atom. The van der Waals surface area contributed by atoms with Gasteiger partial charge in [-0.3, -0.25) is 14.9 Å². The molecule has 2 atom stereocenters. The van der Waals surface area contributed by atoms with E-state index in [2.05, 4.69) is 10.3 Å². The number of pyridine rings is 1. The lowest BCUT2D eigenvalue weighted by Crippen LogP contribution is -2.39. The van der Waals surface area contributed by atoms with E-state index in [0.29, 0.717) is 36.1 Å². The minimum Gasteiger partial charge on any atom is -0.464 e. The van der Waals surface area contributed by atoms with Crippen molar-refractivity contribution in [2.24, 2.45) is 0 Å². The van der Waals surface area contributed by atoms with Crippen LogP contribution in [0.4, 0.5) is 4.39 Å². The van der Waals surface area contributed by atoms with Gasteiger partial charge in [0.2, 0.25) is 0 Å². The van der Waals surface area contributed by atoms with E-state index in [-0.39, 0.29) is 23.6 Å². The lowest BCUT2D eigenvalue weighted by Gasteiger charge is -2.31. The minimum atomic E-state index is -4.31. The molecular weight excluding hydrogens is 471 g/mol. The molecule has 7 nitrogen and oxygen atoms in total. The van der Waals surface area contributed by atoms with E-state index in [9.17, 15) is 17.4 Å². The standard InChI is InChI=1S/C21H22FNO5S.C5H5N/c1-13-2-3-20(29(24,25)26)17(8-13)14-4-6-23-21(10-14)28-12-16-9-15-5-7-27-19(15)11-18(16)22;1-2-4-6-5-3-1/h2-3,5,7-9,11,14,21,23H,4,6,10,12H2,1H3,(H,24,25,26);1-5H. The third kappa shape index (κ3) is 6.52. The number of benzene rings is 2. The number of fused-ring (bicyclic) bond motifs is 1. The molecule has 1 saturated heterocycles. The minimum absolute atomic E-state index is 0.0646. The number of nitrogens with one attached hydrogen (secondary N) is 1. The molecule has 1 aliphatic heterocycles. The summed E-state index contributed by atoms with van der Waals surface area (Å²) in [6, 6.07) is 15.4. The first-order valence-corrected chi connectivity index (χ1v) is 12.7. The third-order valence-corrected chi connectivity index (χ3v) is 6.80. The van der Waals surface area contributed by atoms with E-state index < -0.39 is 15.9 Å². The molecule has 9 heteroatoms. The maximum Gasteiger partial charge on any atom is 0.294 e. The zero-order chi connectivity index (χ0) is 24.8. The van der Waals surface area contributed by atoms with Crippen LogP contribution in [0.5, 0.6) is 0 Å². The van der Waals surface area contributed by atoms with Crippen LogP contribution in [0.2, 0.25) is 0 Å². The summed E-state index contributed by atoms with van der Waals surface area (Å²) >= 11 is 0. The van der Waals surface area contributed by atoms with Crippen molar-refractivity contribution in [3.63, 3.8) is 0 Å². The number of nitrogens with zero attached hydrogens (tertiary/aromatic N) is 1. The Morgan fingerprint density at radius 3 is 2.66 bits per heavy atom. The van der Waals surface area contributed by atoms with Crippen LogP contribution < -0.4 is 5.32 Å². The molecule has 2 aromatic heterocycles. The largest absolute Gasteiger partial charge is 0.464 e. The molecule has 0 saturated carbocycles. The monoisotopic (exact) mass is 498 g/mol. The molecule has 3 heterocycles. The Hall–Kier alpha value is -3.11. The average Bonchev–Trinajstić information content (AvgIpc) is 3.30. The van der Waals surface area contributed by atoms with Crippen molar-refractivity contribution in [1.82, 2.24) is 10.3 Å². The summed E-state index contributed by atoms with van der Waals surface area (Å²) in [6.45, 7) is 2.58. The number of ether oxygens (including phenoxy) is 1. The number of piperidine rings is 1. The summed E-state index contributed by atoms with van der Waals surface area (Å²) in [5.74, 6) is -0.494. The van der Waals surface area contributed by atoms with Crippen LogP contribution >= 0.6 is 0 Å². The van der Waals surface area contributed by atoms with Gasteiger partial charge < -0.3 is 9.15 Å². The smallest absolute Gasteiger partial charge is 0.294 e. The summed E-state index contributed by atoms with van der Waals surface area (Å²) in [5, 5.41) is 4.04. The van der Waals surface area contributed by atoms with E-state index in [1.165, 1.54) is 18.4 Å². The highest BCUT2D eigenvalue weighted by Crippen LogP contribution is 2.33. The van der Waals surface area contributed by atoms with Crippen molar-refractivity contribution in [2.45, 2.75) is 43.4 Å². The van der Waals surface area contributed by atoms with Gasteiger partial charge in [-0.05, 0) is 68.1 Å². The molecule has 1 aliphatic rings. The Bertz CT molecular complexity index is 1350. The molecule has 0 aliphatic carbocycles. The van der Waals surface area contributed by atoms with Gasteiger partial charge in [-0.1, -0.05) is 23.8 Å². The van der Waals surface area contributed by atoms with Crippen LogP contribution in [-0.4, -0.2) is 30.7 Å². The van der Waals surface area contributed by atoms with E-state index in [1.54, 1.807) is 36.7 Å². The summed E-state index contributed by atoms with van der Waals surface area (Å²) in [4.78, 5) is 3.72. The highest BCUT2D eigenvalue weighted by atomic mass is 32.2. The zero-order valence-electron chi connectivity index (χ0n) is 19.2. The summed E-state index contributed by atoms with van der Waals surface area (Å²) in [7, 11) is -4.31. The number of furan rings is 1. The molecule has 35 heavy (non-hydrogen) atoms. The van der Waals surface area contributed by atoms with E-state index in [4.69, 9.17) is 9.15 Å². The Balaban J connectivity index is 0.000000421. The topological polar surface area (TPSA) is 102 Å². The van der Waals surface area contributed by atoms with Gasteiger partial charge in [-0.25, -0.2) is 4.39 Å². The fraction of sp³-hybridized carbons (Fsp3) is 0.269. The normalized spacial score (nSPS) is 18.1. The fourth-order valence-corrected chi connectivity index (χ4v) is 4.92. The van der Waals surface area contributed by atoms with Gasteiger partial charge in [-0.15, -0.1) is 0 Å². The molecule has 0 radical (unpaired) electrons. The molecule has 2 unspecified atom stereocenters. The van der Waals surface area contributed by atoms with Gasteiger partial charge in [0.25, 0.3) is 10.1 Å². The lowest BCUT2D eigenvalue weighted by atomic mass is 9.88. The maximum atomic E-state index is 14.3. The molecule has 0 spiro atoms. The summed E-state index contributed by atoms with van der Waals surface area (Å²) < 4.78 is 58.5. The molecule has 2 aromatic carbocycles. The SMILES string of the molecule is Cc1ccc(S(=O)(=O)O)c(C2CCNC(OCc3cc4ccoc4cc3F)C2)c1.c1ccncc1. The highest BCUT2D eigenvalue weighted by molar-refractivity contribution is 7.85. The van der Waals surface area contributed by atoms with E-state index in [1.807, 2.05) is 25.1 Å². The number of aromatic nitrogens is 1. The second-order valence-corrected chi connectivity index (χ2v) is 9.81. The zero-order valence-corrected chi connectivity index (χ0v) is 20.0. The van der Waals surface area contributed by atoms with Crippen LogP contribution in [-0.2, 0) is 21.5 Å². The maximum absolute atomic E-state index is 14.3. The molecule has 4 aromatic rings. The van der Waals surface area contributed by atoms with Gasteiger partial charge >= 0.3 is 0 Å². The Morgan fingerprint density at radius 2 is 1.97 bits per heavy atom. The van der Waals surface area contributed by atoms with Crippen molar-refractivity contribution in [2.75, 3.05) is 6.54 Å². The molecule has 184 valence electrons. The van der Waals surface area contributed by atoms with Crippen LogP contribution in [0.25, 0.3) is 11.0 Å². The van der Waals surface area contributed by atoms with Crippen molar-refractivity contribution in [3.8, 4) is 0 Å². The lowest BCUT2D eigenvalue weighted by molar-refractivity contribution is -0.00532. The van der Waals surface area contributed by atoms with Crippen LogP contribution in [0.1, 0.15) is 35.4 Å². The van der Waals surface area contributed by atoms with Crippen LogP contribution in [0, 0.1) is 12.7 Å². The predicted octanol–water partition coefficient (Wildman–Crippen LogP) is 5.22. The number of halogens is 1. The third-order valence-electron chi connectivity index (χ3n) is 5.87.